The standard InChI is InChI=1S/C9H9O.CHNS.Hg/c1-7-6-8-4-2-3-5-9(8)10-7;2-1-3;/h2-5,7H,1,6H2;3H;/q;;+1/p-1. The summed E-state index contributed by atoms with van der Waals surface area (Å²) in [5, 5.41) is 10.6. The molecule has 0 amide bonds. The third-order valence-electron chi connectivity index (χ3n) is 2.32. The number of thiocyanates is 1. The molecule has 1 heterocycles. The van der Waals surface area contributed by atoms with Gasteiger partial charge >= 0.3 is 98.7 Å². The van der Waals surface area contributed by atoms with E-state index in [4.69, 9.17) is 10.00 Å². The summed E-state index contributed by atoms with van der Waals surface area (Å²) in [7, 11) is 1.52. The minimum absolute atomic E-state index is 0.370. The van der Waals surface area contributed by atoms with Gasteiger partial charge in [0.2, 0.25) is 0 Å². The monoisotopic (exact) mass is 393 g/mol. The molecule has 4 heteroatoms. The summed E-state index contributed by atoms with van der Waals surface area (Å²) in [6.07, 6.45) is 1.41. The Morgan fingerprint density at radius 1 is 1.57 bits per heavy atom. The van der Waals surface area contributed by atoms with Crippen molar-refractivity contribution < 1.29 is 27.8 Å². The summed E-state index contributed by atoms with van der Waals surface area (Å²) in [4.78, 5) is 0. The fourth-order valence-electron chi connectivity index (χ4n) is 1.65. The third kappa shape index (κ3) is 2.43. The summed E-state index contributed by atoms with van der Waals surface area (Å²) < 4.78 is 6.96. The van der Waals surface area contributed by atoms with Gasteiger partial charge in [-0.2, -0.15) is 0 Å². The van der Waals surface area contributed by atoms with Crippen LogP contribution in [0.5, 0.6) is 5.75 Å². The van der Waals surface area contributed by atoms with Crippen LogP contribution in [0.3, 0.4) is 0 Å². The molecule has 68 valence electrons. The second-order valence-electron chi connectivity index (χ2n) is 3.28. The first-order valence-electron chi connectivity index (χ1n) is 4.65. The number of fused-ring (bicyclic) bond motifs is 1. The van der Waals surface area contributed by atoms with Crippen molar-refractivity contribution in [2.24, 2.45) is 0 Å². The molecule has 0 aromatic heterocycles. The van der Waals surface area contributed by atoms with Crippen molar-refractivity contribution in [1.82, 2.24) is 0 Å². The van der Waals surface area contributed by atoms with Crippen LogP contribution in [0.25, 0.3) is 0 Å². The van der Waals surface area contributed by atoms with Crippen LogP contribution >= 0.6 is 8.24 Å². The van der Waals surface area contributed by atoms with Gasteiger partial charge in [-0.05, 0) is 0 Å². The first kappa shape index (κ1) is 10.3. The van der Waals surface area contributed by atoms with E-state index in [0.717, 1.165) is 12.2 Å². The Hall–Kier alpha value is -0.205. The molecule has 0 N–H and O–H groups in total. The maximum atomic E-state index is 8.44. The summed E-state index contributed by atoms with van der Waals surface area (Å²) in [6.45, 7) is 0. The molecule has 1 atom stereocenters. The third-order valence-corrected chi connectivity index (χ3v) is 12.0. The van der Waals surface area contributed by atoms with Gasteiger partial charge in [-0.15, -0.1) is 0 Å². The molecule has 0 saturated carbocycles. The van der Waals surface area contributed by atoms with Crippen molar-refractivity contribution >= 4 is 8.24 Å². The molecule has 0 aliphatic carbocycles. The van der Waals surface area contributed by atoms with Gasteiger partial charge in [0, 0.05) is 0 Å². The van der Waals surface area contributed by atoms with Crippen LogP contribution in [-0.2, 0) is 29.5 Å². The van der Waals surface area contributed by atoms with Crippen LogP contribution in [0, 0.1) is 10.7 Å². The number of hydrogen-bond acceptors (Lipinski definition) is 3. The van der Waals surface area contributed by atoms with Crippen molar-refractivity contribution in [1.29, 1.82) is 5.26 Å². The average molecular weight is 392 g/mol. The van der Waals surface area contributed by atoms with E-state index in [1.807, 2.05) is 12.1 Å². The summed E-state index contributed by atoms with van der Waals surface area (Å²) in [5.74, 6) is 1.05. The van der Waals surface area contributed by atoms with Crippen molar-refractivity contribution in [3.63, 3.8) is 0 Å². The Bertz CT molecular complexity index is 338. The molecule has 0 spiro atoms. The summed E-state index contributed by atoms with van der Waals surface area (Å²) >= 11 is -0.998. The zero-order valence-corrected chi connectivity index (χ0v) is 14.1. The minimum atomic E-state index is -0.998. The summed E-state index contributed by atoms with van der Waals surface area (Å²) in [6, 6.07) is 8.22. The predicted molar refractivity (Wildman–Crippen MR) is 52.6 cm³/mol. The Morgan fingerprint density at radius 2 is 2.43 bits per heavy atom. The molecule has 1 aliphatic rings. The SMILES string of the molecule is N#C[S][Hg][CH2]C1Cc2ccccc2O1. The van der Waals surface area contributed by atoms with Gasteiger partial charge in [0.05, 0.1) is 0 Å². The zero-order valence-electron chi connectivity index (χ0n) is 7.77. The molecular weight excluding hydrogens is 383 g/mol. The predicted octanol–water partition coefficient (Wildman–Crippen LogP) is 2.62. The maximum absolute atomic E-state index is 8.44. The number of benzene rings is 1. The van der Waals surface area contributed by atoms with Crippen LogP contribution in [-0.4, -0.2) is 6.10 Å². The topological polar surface area (TPSA) is 33.0 Å². The van der Waals surface area contributed by atoms with Crippen molar-refractivity contribution in [2.45, 2.75) is 16.5 Å². The fraction of sp³-hybridized carbons (Fsp3) is 0.300. The van der Waals surface area contributed by atoms with Gasteiger partial charge < -0.3 is 0 Å². The van der Waals surface area contributed by atoms with Gasteiger partial charge in [0.25, 0.3) is 0 Å². The quantitative estimate of drug-likeness (QED) is 0.451. The summed E-state index contributed by atoms with van der Waals surface area (Å²) in [5.41, 5.74) is 1.33. The molecule has 0 fully saturated rings. The second kappa shape index (κ2) is 5.04. The fourth-order valence-corrected chi connectivity index (χ4v) is 8.88. The molecular formula is C10H9HgNOS. The van der Waals surface area contributed by atoms with E-state index < -0.39 is 23.1 Å². The van der Waals surface area contributed by atoms with Gasteiger partial charge in [-0.3, -0.25) is 0 Å². The van der Waals surface area contributed by atoms with E-state index in [9.17, 15) is 0 Å². The molecule has 1 unspecified atom stereocenters. The Balaban J connectivity index is 1.89. The van der Waals surface area contributed by atoms with E-state index in [1.165, 1.54) is 17.7 Å². The number of rotatable bonds is 3. The molecule has 1 aromatic carbocycles. The van der Waals surface area contributed by atoms with Crippen LogP contribution in [0.2, 0.25) is 3.93 Å². The number of hydrogen-bond donors (Lipinski definition) is 0. The van der Waals surface area contributed by atoms with Crippen LogP contribution in [0.15, 0.2) is 24.3 Å². The normalized spacial score (nSPS) is 17.8. The molecule has 14 heavy (non-hydrogen) atoms. The first-order valence-corrected chi connectivity index (χ1v) is 16.3. The molecule has 1 aliphatic heterocycles. The van der Waals surface area contributed by atoms with E-state index in [0.29, 0.717) is 6.10 Å². The number of ether oxygens (including phenoxy) is 1. The van der Waals surface area contributed by atoms with E-state index in [1.54, 1.807) is 0 Å². The van der Waals surface area contributed by atoms with Gasteiger partial charge in [-0.1, -0.05) is 0 Å². The van der Waals surface area contributed by atoms with Gasteiger partial charge in [-0.25, -0.2) is 0 Å². The van der Waals surface area contributed by atoms with Crippen molar-refractivity contribution in [2.75, 3.05) is 0 Å². The van der Waals surface area contributed by atoms with E-state index in [2.05, 4.69) is 17.5 Å². The molecule has 2 rings (SSSR count). The number of nitriles is 1. The van der Waals surface area contributed by atoms with E-state index in [-0.39, 0.29) is 0 Å². The van der Waals surface area contributed by atoms with Gasteiger partial charge in [0.15, 0.2) is 0 Å². The Morgan fingerprint density at radius 3 is 3.21 bits per heavy atom. The number of nitrogens with zero attached hydrogens (tertiary/aromatic N) is 1. The van der Waals surface area contributed by atoms with Crippen LogP contribution in [0.4, 0.5) is 0 Å². The molecule has 0 saturated heterocycles. The van der Waals surface area contributed by atoms with Crippen molar-refractivity contribution in [3.05, 3.63) is 29.8 Å². The zero-order chi connectivity index (χ0) is 9.80. The Kier molecular flexibility index (Phi) is 3.71. The van der Waals surface area contributed by atoms with Crippen molar-refractivity contribution in [3.8, 4) is 11.2 Å². The molecule has 1 aromatic rings. The number of para-hydroxylation sites is 1. The Labute approximate surface area is 98.2 Å². The van der Waals surface area contributed by atoms with Gasteiger partial charge in [0.1, 0.15) is 0 Å². The first-order chi connectivity index (χ1) is 6.90. The van der Waals surface area contributed by atoms with Crippen LogP contribution < -0.4 is 4.74 Å². The molecule has 0 bridgehead atoms. The molecule has 2 nitrogen and oxygen atoms in total. The average Bonchev–Trinajstić information content (AvgIpc) is 2.60. The molecule has 0 radical (unpaired) electrons. The second-order valence-corrected chi connectivity index (χ2v) is 14.5. The van der Waals surface area contributed by atoms with Crippen LogP contribution in [0.1, 0.15) is 5.56 Å². The van der Waals surface area contributed by atoms with E-state index >= 15 is 0 Å².